The average molecular weight is 223 g/mol. The Morgan fingerprint density at radius 2 is 2.44 bits per heavy atom. The predicted molar refractivity (Wildman–Crippen MR) is 65.3 cm³/mol. The van der Waals surface area contributed by atoms with Crippen molar-refractivity contribution in [2.24, 2.45) is 7.05 Å². The summed E-state index contributed by atoms with van der Waals surface area (Å²) >= 11 is 0. The number of aryl methyl sites for hydroxylation is 1. The fourth-order valence-electron chi connectivity index (χ4n) is 1.48. The van der Waals surface area contributed by atoms with Crippen LogP contribution in [-0.2, 0) is 11.8 Å². The van der Waals surface area contributed by atoms with Gasteiger partial charge in [0.1, 0.15) is 5.82 Å². The molecule has 0 aliphatic rings. The lowest BCUT2D eigenvalue weighted by atomic mass is 10.3. The highest BCUT2D eigenvalue weighted by atomic mass is 16.5. The third kappa shape index (κ3) is 4.16. The maximum absolute atomic E-state index is 5.40. The van der Waals surface area contributed by atoms with Gasteiger partial charge in [-0.1, -0.05) is 12.2 Å². The summed E-state index contributed by atoms with van der Waals surface area (Å²) in [5.74, 6) is 1.04. The van der Waals surface area contributed by atoms with Gasteiger partial charge in [0.15, 0.2) is 0 Å². The molecule has 0 bridgehead atoms. The summed E-state index contributed by atoms with van der Waals surface area (Å²) in [4.78, 5) is 4.29. The van der Waals surface area contributed by atoms with Crippen molar-refractivity contribution in [3.63, 3.8) is 0 Å². The molecule has 1 aromatic rings. The second-order valence-electron chi connectivity index (χ2n) is 4.08. The largest absolute Gasteiger partial charge is 0.376 e. The Morgan fingerprint density at radius 3 is 3.00 bits per heavy atom. The van der Waals surface area contributed by atoms with Crippen LogP contribution in [0.3, 0.4) is 0 Å². The summed E-state index contributed by atoms with van der Waals surface area (Å²) in [7, 11) is 2.00. The van der Waals surface area contributed by atoms with Crippen LogP contribution in [0.4, 0.5) is 0 Å². The van der Waals surface area contributed by atoms with Gasteiger partial charge in [-0.3, -0.25) is 0 Å². The van der Waals surface area contributed by atoms with E-state index in [0.717, 1.165) is 17.9 Å². The monoisotopic (exact) mass is 223 g/mol. The minimum atomic E-state index is 0.244. The standard InChI is InChI=1S/C12H21N3O/c1-10(2)9-16-8-6-13-11(3)12-14-5-7-15(12)4/h5,7,11,13H,1,6,8-9H2,2-4H3. The molecule has 16 heavy (non-hydrogen) atoms. The minimum absolute atomic E-state index is 0.244. The molecule has 0 saturated carbocycles. The summed E-state index contributed by atoms with van der Waals surface area (Å²) in [6.45, 7) is 10.00. The van der Waals surface area contributed by atoms with E-state index in [1.165, 1.54) is 0 Å². The number of ether oxygens (including phenoxy) is 1. The summed E-state index contributed by atoms with van der Waals surface area (Å²) in [5.41, 5.74) is 1.05. The van der Waals surface area contributed by atoms with Crippen molar-refractivity contribution in [3.05, 3.63) is 30.4 Å². The van der Waals surface area contributed by atoms with Crippen molar-refractivity contribution in [1.82, 2.24) is 14.9 Å². The molecule has 0 aliphatic carbocycles. The molecule has 1 rings (SSSR count). The van der Waals surface area contributed by atoms with Crippen molar-refractivity contribution >= 4 is 0 Å². The van der Waals surface area contributed by atoms with Gasteiger partial charge in [0.25, 0.3) is 0 Å². The van der Waals surface area contributed by atoms with Gasteiger partial charge in [-0.25, -0.2) is 4.98 Å². The van der Waals surface area contributed by atoms with E-state index in [-0.39, 0.29) is 6.04 Å². The van der Waals surface area contributed by atoms with Gasteiger partial charge >= 0.3 is 0 Å². The van der Waals surface area contributed by atoms with Crippen LogP contribution in [-0.4, -0.2) is 29.3 Å². The molecule has 1 N–H and O–H groups in total. The normalized spacial score (nSPS) is 12.7. The predicted octanol–water partition coefficient (Wildman–Crippen LogP) is 1.66. The fraction of sp³-hybridized carbons (Fsp3) is 0.583. The Bertz CT molecular complexity index is 333. The lowest BCUT2D eigenvalue weighted by Gasteiger charge is -2.13. The highest BCUT2D eigenvalue weighted by molar-refractivity contribution is 4.96. The van der Waals surface area contributed by atoms with Gasteiger partial charge in [0.2, 0.25) is 0 Å². The third-order valence-corrected chi connectivity index (χ3v) is 2.29. The lowest BCUT2D eigenvalue weighted by molar-refractivity contribution is 0.155. The van der Waals surface area contributed by atoms with Crippen LogP contribution in [0.25, 0.3) is 0 Å². The first kappa shape index (κ1) is 12.9. The number of imidazole rings is 1. The van der Waals surface area contributed by atoms with Gasteiger partial charge in [-0.2, -0.15) is 0 Å². The van der Waals surface area contributed by atoms with Crippen molar-refractivity contribution in [2.45, 2.75) is 19.9 Å². The van der Waals surface area contributed by atoms with Gasteiger partial charge in [0, 0.05) is 26.0 Å². The zero-order chi connectivity index (χ0) is 12.0. The Labute approximate surface area is 97.3 Å². The van der Waals surface area contributed by atoms with Crippen LogP contribution in [0.5, 0.6) is 0 Å². The molecule has 0 amide bonds. The van der Waals surface area contributed by atoms with E-state index in [4.69, 9.17) is 4.74 Å². The summed E-state index contributed by atoms with van der Waals surface area (Å²) < 4.78 is 7.42. The second kappa shape index (κ2) is 6.45. The molecule has 1 aromatic heterocycles. The van der Waals surface area contributed by atoms with Crippen molar-refractivity contribution < 1.29 is 4.74 Å². The molecule has 0 aliphatic heterocycles. The van der Waals surface area contributed by atoms with E-state index in [9.17, 15) is 0 Å². The minimum Gasteiger partial charge on any atom is -0.376 e. The number of hydrogen-bond donors (Lipinski definition) is 1. The molecule has 4 heteroatoms. The van der Waals surface area contributed by atoms with E-state index in [1.54, 1.807) is 0 Å². The van der Waals surface area contributed by atoms with Crippen molar-refractivity contribution in [1.29, 1.82) is 0 Å². The summed E-state index contributed by atoms with van der Waals surface area (Å²) in [5, 5.41) is 3.36. The van der Waals surface area contributed by atoms with Crippen LogP contribution in [0, 0.1) is 0 Å². The zero-order valence-electron chi connectivity index (χ0n) is 10.4. The number of nitrogens with zero attached hydrogens (tertiary/aromatic N) is 2. The van der Waals surface area contributed by atoms with E-state index >= 15 is 0 Å². The van der Waals surface area contributed by atoms with Gasteiger partial charge in [-0.05, 0) is 13.8 Å². The summed E-state index contributed by atoms with van der Waals surface area (Å²) in [6.07, 6.45) is 3.76. The first-order chi connectivity index (χ1) is 7.61. The summed E-state index contributed by atoms with van der Waals surface area (Å²) in [6, 6.07) is 0.244. The molecule has 0 radical (unpaired) electrons. The topological polar surface area (TPSA) is 39.1 Å². The molecule has 1 atom stereocenters. The number of rotatable bonds is 7. The van der Waals surface area contributed by atoms with Crippen LogP contribution >= 0.6 is 0 Å². The first-order valence-electron chi connectivity index (χ1n) is 5.54. The van der Waals surface area contributed by atoms with Crippen molar-refractivity contribution in [2.75, 3.05) is 19.8 Å². The fourth-order valence-corrected chi connectivity index (χ4v) is 1.48. The highest BCUT2D eigenvalue weighted by Crippen LogP contribution is 2.07. The Hall–Kier alpha value is -1.13. The van der Waals surface area contributed by atoms with Crippen LogP contribution in [0.15, 0.2) is 24.5 Å². The Morgan fingerprint density at radius 1 is 1.69 bits per heavy atom. The highest BCUT2D eigenvalue weighted by Gasteiger charge is 2.08. The molecule has 1 unspecified atom stereocenters. The Balaban J connectivity index is 2.18. The third-order valence-electron chi connectivity index (χ3n) is 2.29. The SMILES string of the molecule is C=C(C)COCCNC(C)c1nccn1C. The molecule has 0 fully saturated rings. The van der Waals surface area contributed by atoms with Gasteiger partial charge in [0.05, 0.1) is 19.3 Å². The maximum Gasteiger partial charge on any atom is 0.125 e. The van der Waals surface area contributed by atoms with E-state index in [0.29, 0.717) is 13.2 Å². The van der Waals surface area contributed by atoms with Gasteiger partial charge < -0.3 is 14.6 Å². The maximum atomic E-state index is 5.40. The number of hydrogen-bond acceptors (Lipinski definition) is 3. The van der Waals surface area contributed by atoms with E-state index in [2.05, 4.69) is 23.8 Å². The molecule has 90 valence electrons. The quantitative estimate of drug-likeness (QED) is 0.564. The van der Waals surface area contributed by atoms with E-state index in [1.807, 2.05) is 30.9 Å². The van der Waals surface area contributed by atoms with Crippen LogP contribution in [0.1, 0.15) is 25.7 Å². The van der Waals surface area contributed by atoms with Crippen LogP contribution < -0.4 is 5.32 Å². The second-order valence-corrected chi connectivity index (χ2v) is 4.08. The molecule has 4 nitrogen and oxygen atoms in total. The lowest BCUT2D eigenvalue weighted by Crippen LogP contribution is -2.25. The Kier molecular flexibility index (Phi) is 5.22. The number of nitrogens with one attached hydrogen (secondary N) is 1. The zero-order valence-corrected chi connectivity index (χ0v) is 10.4. The smallest absolute Gasteiger partial charge is 0.125 e. The molecule has 0 spiro atoms. The van der Waals surface area contributed by atoms with E-state index < -0.39 is 0 Å². The van der Waals surface area contributed by atoms with Crippen LogP contribution in [0.2, 0.25) is 0 Å². The first-order valence-corrected chi connectivity index (χ1v) is 5.54. The molecule has 0 saturated heterocycles. The molecular formula is C12H21N3O. The molecule has 1 heterocycles. The molecular weight excluding hydrogens is 202 g/mol. The molecule has 0 aromatic carbocycles. The van der Waals surface area contributed by atoms with Gasteiger partial charge in [-0.15, -0.1) is 0 Å². The van der Waals surface area contributed by atoms with Crippen molar-refractivity contribution in [3.8, 4) is 0 Å². The number of aromatic nitrogens is 2. The average Bonchev–Trinajstić information content (AvgIpc) is 2.63.